The lowest BCUT2D eigenvalue weighted by Crippen LogP contribution is -2.22. The molecule has 1 aromatic heterocycles. The highest BCUT2D eigenvalue weighted by atomic mass is 28.3. The first-order valence-electron chi connectivity index (χ1n) is 8.32. The van der Waals surface area contributed by atoms with E-state index in [1.165, 1.54) is 0 Å². The van der Waals surface area contributed by atoms with Crippen LogP contribution < -0.4 is 4.74 Å². The molecule has 2 rings (SSSR count). The van der Waals surface area contributed by atoms with Gasteiger partial charge in [0.1, 0.15) is 5.75 Å². The van der Waals surface area contributed by atoms with Gasteiger partial charge in [0.25, 0.3) is 0 Å². The number of hydrogen-bond acceptors (Lipinski definition) is 4. The molecule has 0 radical (unpaired) electrons. The third-order valence-corrected chi connectivity index (χ3v) is 5.47. The van der Waals surface area contributed by atoms with Crippen molar-refractivity contribution in [2.45, 2.75) is 38.2 Å². The van der Waals surface area contributed by atoms with E-state index in [9.17, 15) is 5.11 Å². The summed E-state index contributed by atoms with van der Waals surface area (Å²) in [4.78, 5) is 4.11. The van der Waals surface area contributed by atoms with Crippen LogP contribution in [0, 0.1) is 0 Å². The molecule has 0 amide bonds. The molecular formula is C19H27NO3Si. The third-order valence-electron chi connectivity index (χ3n) is 3.76. The van der Waals surface area contributed by atoms with Gasteiger partial charge in [-0.2, -0.15) is 0 Å². The number of aliphatic hydroxyl groups excluding tert-OH is 1. The summed E-state index contributed by atoms with van der Waals surface area (Å²) in [5, 5.41) is 10.4. The first-order valence-corrected chi connectivity index (χ1v) is 12.0. The SMILES string of the molecule is C[Si](C)(C)CCOCOc1cnccc1CC(O)c1ccccc1. The normalized spacial score (nSPS) is 12.8. The Morgan fingerprint density at radius 2 is 1.88 bits per heavy atom. The third kappa shape index (κ3) is 6.43. The summed E-state index contributed by atoms with van der Waals surface area (Å²) in [6, 6.07) is 12.6. The average Bonchev–Trinajstić information content (AvgIpc) is 2.56. The number of aliphatic hydroxyl groups is 1. The van der Waals surface area contributed by atoms with Crippen LogP contribution in [0.3, 0.4) is 0 Å². The number of ether oxygens (including phenoxy) is 2. The van der Waals surface area contributed by atoms with Gasteiger partial charge in [0.2, 0.25) is 0 Å². The summed E-state index contributed by atoms with van der Waals surface area (Å²) in [5.41, 5.74) is 1.82. The molecule has 4 nitrogen and oxygen atoms in total. The van der Waals surface area contributed by atoms with Crippen LogP contribution in [-0.2, 0) is 11.2 Å². The zero-order valence-corrected chi connectivity index (χ0v) is 15.7. The molecule has 1 atom stereocenters. The molecule has 0 aliphatic carbocycles. The van der Waals surface area contributed by atoms with Crippen LogP contribution in [-0.4, -0.2) is 31.6 Å². The molecule has 130 valence electrons. The van der Waals surface area contributed by atoms with Crippen molar-refractivity contribution in [3.63, 3.8) is 0 Å². The van der Waals surface area contributed by atoms with E-state index in [1.54, 1.807) is 12.4 Å². The van der Waals surface area contributed by atoms with Crippen molar-refractivity contribution in [2.75, 3.05) is 13.4 Å². The topological polar surface area (TPSA) is 51.6 Å². The summed E-state index contributed by atoms with van der Waals surface area (Å²) >= 11 is 0. The lowest BCUT2D eigenvalue weighted by atomic mass is 10.0. The Kier molecular flexibility index (Phi) is 6.96. The van der Waals surface area contributed by atoms with Crippen LogP contribution in [0.1, 0.15) is 17.2 Å². The molecule has 24 heavy (non-hydrogen) atoms. The number of benzene rings is 1. The maximum absolute atomic E-state index is 10.4. The molecule has 0 bridgehead atoms. The standard InChI is InChI=1S/C19H27NO3Si/c1-24(2,3)12-11-22-15-23-19-14-20-10-9-17(19)13-18(21)16-7-5-4-6-8-16/h4-10,14,18,21H,11-13,15H2,1-3H3. The van der Waals surface area contributed by atoms with E-state index in [4.69, 9.17) is 9.47 Å². The highest BCUT2D eigenvalue weighted by Gasteiger charge is 2.13. The Bertz CT molecular complexity index is 614. The molecule has 5 heteroatoms. The second-order valence-corrected chi connectivity index (χ2v) is 12.7. The predicted molar refractivity (Wildman–Crippen MR) is 98.9 cm³/mol. The molecule has 1 heterocycles. The molecule has 1 aromatic carbocycles. The summed E-state index contributed by atoms with van der Waals surface area (Å²) in [6.07, 6.45) is 3.31. The van der Waals surface area contributed by atoms with Gasteiger partial charge < -0.3 is 14.6 Å². The molecule has 0 aliphatic heterocycles. The number of nitrogens with zero attached hydrogens (tertiary/aromatic N) is 1. The fourth-order valence-corrected chi connectivity index (χ4v) is 3.01. The second-order valence-electron chi connectivity index (χ2n) is 7.10. The van der Waals surface area contributed by atoms with Crippen LogP contribution in [0.4, 0.5) is 0 Å². The first-order chi connectivity index (χ1) is 11.5. The van der Waals surface area contributed by atoms with Crippen LogP contribution in [0.2, 0.25) is 25.7 Å². The predicted octanol–water partition coefficient (Wildman–Crippen LogP) is 4.05. The van der Waals surface area contributed by atoms with Gasteiger partial charge in [-0.15, -0.1) is 0 Å². The van der Waals surface area contributed by atoms with Crippen LogP contribution in [0.15, 0.2) is 48.8 Å². The van der Waals surface area contributed by atoms with Gasteiger partial charge in [0.05, 0.1) is 12.3 Å². The molecule has 0 aliphatic rings. The molecule has 2 aromatic rings. The highest BCUT2D eigenvalue weighted by Crippen LogP contribution is 2.24. The highest BCUT2D eigenvalue weighted by molar-refractivity contribution is 6.76. The minimum atomic E-state index is -1.08. The Balaban J connectivity index is 1.88. The molecule has 0 saturated heterocycles. The van der Waals surface area contributed by atoms with E-state index in [0.717, 1.165) is 23.8 Å². The molecule has 0 fully saturated rings. The summed E-state index contributed by atoms with van der Waals surface area (Å²) in [7, 11) is -1.08. The largest absolute Gasteiger partial charge is 0.466 e. The van der Waals surface area contributed by atoms with Crippen molar-refractivity contribution >= 4 is 8.07 Å². The van der Waals surface area contributed by atoms with E-state index in [2.05, 4.69) is 24.6 Å². The molecule has 1 N–H and O–H groups in total. The minimum absolute atomic E-state index is 0.213. The van der Waals surface area contributed by atoms with Gasteiger partial charge in [-0.3, -0.25) is 4.98 Å². The summed E-state index contributed by atoms with van der Waals surface area (Å²) < 4.78 is 11.3. The van der Waals surface area contributed by atoms with Gasteiger partial charge >= 0.3 is 0 Å². The summed E-state index contributed by atoms with van der Waals surface area (Å²) in [6.45, 7) is 7.90. The second kappa shape index (κ2) is 8.96. The van der Waals surface area contributed by atoms with Crippen molar-refractivity contribution in [3.8, 4) is 5.75 Å². The van der Waals surface area contributed by atoms with Crippen LogP contribution >= 0.6 is 0 Å². The van der Waals surface area contributed by atoms with E-state index < -0.39 is 14.2 Å². The number of aromatic nitrogens is 1. The van der Waals surface area contributed by atoms with Crippen LogP contribution in [0.5, 0.6) is 5.75 Å². The smallest absolute Gasteiger partial charge is 0.189 e. The lowest BCUT2D eigenvalue weighted by molar-refractivity contribution is 0.0208. The first kappa shape index (κ1) is 18.6. The Labute approximate surface area is 145 Å². The summed E-state index contributed by atoms with van der Waals surface area (Å²) in [5.74, 6) is 0.667. The molecule has 0 spiro atoms. The maximum Gasteiger partial charge on any atom is 0.189 e. The number of hydrogen-bond donors (Lipinski definition) is 1. The van der Waals surface area contributed by atoms with E-state index in [1.807, 2.05) is 36.4 Å². The lowest BCUT2D eigenvalue weighted by Gasteiger charge is -2.17. The van der Waals surface area contributed by atoms with Crippen molar-refractivity contribution in [1.82, 2.24) is 4.98 Å². The quantitative estimate of drug-likeness (QED) is 0.423. The minimum Gasteiger partial charge on any atom is -0.466 e. The zero-order valence-electron chi connectivity index (χ0n) is 14.7. The van der Waals surface area contributed by atoms with Crippen molar-refractivity contribution in [3.05, 3.63) is 59.9 Å². The van der Waals surface area contributed by atoms with Gasteiger partial charge in [-0.25, -0.2) is 0 Å². The van der Waals surface area contributed by atoms with Gasteiger partial charge in [0, 0.05) is 32.9 Å². The van der Waals surface area contributed by atoms with E-state index in [0.29, 0.717) is 12.2 Å². The fourth-order valence-electron chi connectivity index (χ4n) is 2.25. The van der Waals surface area contributed by atoms with Crippen LogP contribution in [0.25, 0.3) is 0 Å². The zero-order chi connectivity index (χ0) is 17.4. The van der Waals surface area contributed by atoms with Crippen molar-refractivity contribution in [2.24, 2.45) is 0 Å². The van der Waals surface area contributed by atoms with Gasteiger partial charge in [-0.1, -0.05) is 50.0 Å². The Hall–Kier alpha value is -1.69. The fraction of sp³-hybridized carbons (Fsp3) is 0.421. The van der Waals surface area contributed by atoms with Crippen molar-refractivity contribution in [1.29, 1.82) is 0 Å². The molecule has 1 unspecified atom stereocenters. The maximum atomic E-state index is 10.4. The molecular weight excluding hydrogens is 318 g/mol. The van der Waals surface area contributed by atoms with Crippen molar-refractivity contribution < 1.29 is 14.6 Å². The van der Waals surface area contributed by atoms with Gasteiger partial charge in [0.15, 0.2) is 6.79 Å². The Morgan fingerprint density at radius 3 is 2.58 bits per heavy atom. The number of pyridine rings is 1. The van der Waals surface area contributed by atoms with Gasteiger partial charge in [-0.05, 0) is 17.7 Å². The average molecular weight is 346 g/mol. The Morgan fingerprint density at radius 1 is 1.12 bits per heavy atom. The number of rotatable bonds is 9. The molecule has 0 saturated carbocycles. The van der Waals surface area contributed by atoms with E-state index in [-0.39, 0.29) is 6.79 Å². The van der Waals surface area contributed by atoms with E-state index >= 15 is 0 Å². The monoisotopic (exact) mass is 345 g/mol.